The Hall–Kier alpha value is -1.45. The van der Waals surface area contributed by atoms with Crippen molar-refractivity contribution in [2.45, 2.75) is 12.2 Å². The quantitative estimate of drug-likeness (QED) is 0.862. The maximum absolute atomic E-state index is 11.9. The van der Waals surface area contributed by atoms with E-state index < -0.39 is 0 Å². The molecule has 1 atom stereocenters. The molecule has 0 aliphatic rings. The third-order valence-corrected chi connectivity index (χ3v) is 4.31. The van der Waals surface area contributed by atoms with Crippen molar-refractivity contribution in [3.05, 3.63) is 65.2 Å². The lowest BCUT2D eigenvalue weighted by Crippen LogP contribution is -2.14. The predicted molar refractivity (Wildman–Crippen MR) is 87.4 cm³/mol. The highest BCUT2D eigenvalue weighted by Gasteiger charge is 2.09. The summed E-state index contributed by atoms with van der Waals surface area (Å²) in [4.78, 5) is 11.9. The number of benzene rings is 2. The zero-order valence-corrected chi connectivity index (χ0v) is 12.7. The molecule has 2 nitrogen and oxygen atoms in total. The normalized spacial score (nSPS) is 11.9. The minimum atomic E-state index is 0.0000959. The van der Waals surface area contributed by atoms with Gasteiger partial charge in [-0.2, -0.15) is 0 Å². The molecule has 0 aromatic heterocycles. The highest BCUT2D eigenvalue weighted by molar-refractivity contribution is 8.00. The van der Waals surface area contributed by atoms with Crippen molar-refractivity contribution < 1.29 is 4.79 Å². The van der Waals surface area contributed by atoms with Crippen molar-refractivity contribution in [3.63, 3.8) is 0 Å². The molecule has 1 N–H and O–H groups in total. The average Bonchev–Trinajstić information content (AvgIpc) is 2.48. The van der Waals surface area contributed by atoms with Crippen LogP contribution in [0.4, 0.5) is 5.69 Å². The molecule has 0 fully saturated rings. The number of thioether (sulfide) groups is 1. The summed E-state index contributed by atoms with van der Waals surface area (Å²) in [6.45, 7) is 2.11. The Balaban J connectivity index is 1.82. The molecule has 2 rings (SSSR count). The fourth-order valence-corrected chi connectivity index (χ4v) is 2.70. The highest BCUT2D eigenvalue weighted by atomic mass is 35.5. The molecule has 0 bridgehead atoms. The topological polar surface area (TPSA) is 29.1 Å². The van der Waals surface area contributed by atoms with E-state index in [1.54, 1.807) is 36.0 Å². The molecule has 2 aromatic carbocycles. The van der Waals surface area contributed by atoms with Gasteiger partial charge < -0.3 is 5.32 Å². The molecule has 20 heavy (non-hydrogen) atoms. The molecular weight excluding hydrogens is 290 g/mol. The standard InChI is InChI=1S/C16H16ClNOS/c1-12(13-5-3-2-4-6-13)20-11-16(19)18-15-9-7-14(17)8-10-15/h2-10,12H,11H2,1H3,(H,18,19)/t12-/m0/s1. The van der Waals surface area contributed by atoms with Gasteiger partial charge in [-0.25, -0.2) is 0 Å². The van der Waals surface area contributed by atoms with Crippen LogP contribution in [0.1, 0.15) is 17.7 Å². The number of rotatable bonds is 5. The molecule has 0 radical (unpaired) electrons. The van der Waals surface area contributed by atoms with Gasteiger partial charge in [-0.05, 0) is 36.8 Å². The first-order chi connectivity index (χ1) is 9.65. The molecule has 4 heteroatoms. The third kappa shape index (κ3) is 4.58. The van der Waals surface area contributed by atoms with Gasteiger partial charge in [0.25, 0.3) is 0 Å². The summed E-state index contributed by atoms with van der Waals surface area (Å²) in [6.07, 6.45) is 0. The number of hydrogen-bond acceptors (Lipinski definition) is 2. The van der Waals surface area contributed by atoms with Crippen molar-refractivity contribution in [3.8, 4) is 0 Å². The molecule has 104 valence electrons. The second-order valence-electron chi connectivity index (χ2n) is 4.42. The van der Waals surface area contributed by atoms with E-state index in [1.807, 2.05) is 18.2 Å². The zero-order valence-electron chi connectivity index (χ0n) is 11.2. The summed E-state index contributed by atoms with van der Waals surface area (Å²) in [6, 6.07) is 17.3. The van der Waals surface area contributed by atoms with Crippen LogP contribution < -0.4 is 5.32 Å². The van der Waals surface area contributed by atoms with Crippen molar-refractivity contribution in [1.82, 2.24) is 0 Å². The number of hydrogen-bond donors (Lipinski definition) is 1. The molecule has 0 unspecified atom stereocenters. The fourth-order valence-electron chi connectivity index (χ4n) is 1.75. The minimum absolute atomic E-state index is 0.0000959. The van der Waals surface area contributed by atoms with Gasteiger partial charge >= 0.3 is 0 Å². The number of nitrogens with one attached hydrogen (secondary N) is 1. The molecule has 0 saturated carbocycles. The number of halogens is 1. The third-order valence-electron chi connectivity index (χ3n) is 2.86. The number of carbonyl (C=O) groups is 1. The van der Waals surface area contributed by atoms with Gasteiger partial charge in [0.1, 0.15) is 0 Å². The van der Waals surface area contributed by atoms with Crippen molar-refractivity contribution in [2.24, 2.45) is 0 Å². The van der Waals surface area contributed by atoms with Crippen LogP contribution in [-0.2, 0) is 4.79 Å². The lowest BCUT2D eigenvalue weighted by atomic mass is 10.2. The van der Waals surface area contributed by atoms with Crippen LogP contribution >= 0.6 is 23.4 Å². The number of anilines is 1. The summed E-state index contributed by atoms with van der Waals surface area (Å²) in [5.41, 5.74) is 2.00. The first kappa shape index (κ1) is 14.9. The van der Waals surface area contributed by atoms with Crippen molar-refractivity contribution in [2.75, 3.05) is 11.1 Å². The Morgan fingerprint density at radius 2 is 1.80 bits per heavy atom. The van der Waals surface area contributed by atoms with E-state index >= 15 is 0 Å². The Kier molecular flexibility index (Phi) is 5.50. The van der Waals surface area contributed by atoms with Crippen LogP contribution in [0.2, 0.25) is 5.02 Å². The molecule has 0 saturated heterocycles. The number of amides is 1. The summed E-state index contributed by atoms with van der Waals surface area (Å²) in [5.74, 6) is 0.429. The zero-order chi connectivity index (χ0) is 14.4. The van der Waals surface area contributed by atoms with E-state index in [0.717, 1.165) is 5.69 Å². The van der Waals surface area contributed by atoms with Crippen LogP contribution in [-0.4, -0.2) is 11.7 Å². The second kappa shape index (κ2) is 7.36. The van der Waals surface area contributed by atoms with E-state index in [4.69, 9.17) is 11.6 Å². The molecule has 0 spiro atoms. The van der Waals surface area contributed by atoms with Crippen LogP contribution in [0, 0.1) is 0 Å². The Morgan fingerprint density at radius 3 is 2.45 bits per heavy atom. The summed E-state index contributed by atoms with van der Waals surface area (Å²) in [7, 11) is 0. The van der Waals surface area contributed by atoms with E-state index in [1.165, 1.54) is 5.56 Å². The van der Waals surface area contributed by atoms with Gasteiger partial charge in [0.15, 0.2) is 0 Å². The maximum atomic E-state index is 11.9. The van der Waals surface area contributed by atoms with E-state index in [9.17, 15) is 4.79 Å². The van der Waals surface area contributed by atoms with Gasteiger partial charge in [-0.15, -0.1) is 11.8 Å². The van der Waals surface area contributed by atoms with Crippen LogP contribution in [0.15, 0.2) is 54.6 Å². The monoisotopic (exact) mass is 305 g/mol. The van der Waals surface area contributed by atoms with E-state index in [-0.39, 0.29) is 5.91 Å². The minimum Gasteiger partial charge on any atom is -0.325 e. The van der Waals surface area contributed by atoms with Gasteiger partial charge in [-0.3, -0.25) is 4.79 Å². The Morgan fingerprint density at radius 1 is 1.15 bits per heavy atom. The van der Waals surface area contributed by atoms with Gasteiger partial charge in [-0.1, -0.05) is 41.9 Å². The van der Waals surface area contributed by atoms with Crippen molar-refractivity contribution in [1.29, 1.82) is 0 Å². The fraction of sp³-hybridized carbons (Fsp3) is 0.188. The lowest BCUT2D eigenvalue weighted by Gasteiger charge is -2.11. The summed E-state index contributed by atoms with van der Waals surface area (Å²) >= 11 is 7.42. The SMILES string of the molecule is C[C@H](SCC(=O)Nc1ccc(Cl)cc1)c1ccccc1. The highest BCUT2D eigenvalue weighted by Crippen LogP contribution is 2.27. The molecule has 1 amide bonds. The van der Waals surface area contributed by atoms with Gasteiger partial charge in [0, 0.05) is 16.0 Å². The summed E-state index contributed by atoms with van der Waals surface area (Å²) in [5, 5.41) is 3.82. The molecule has 2 aromatic rings. The van der Waals surface area contributed by atoms with Gasteiger partial charge in [0.05, 0.1) is 5.75 Å². The first-order valence-electron chi connectivity index (χ1n) is 6.37. The van der Waals surface area contributed by atoms with Crippen molar-refractivity contribution >= 4 is 35.0 Å². The maximum Gasteiger partial charge on any atom is 0.234 e. The predicted octanol–water partition coefficient (Wildman–Crippen LogP) is 4.77. The van der Waals surface area contributed by atoms with Crippen LogP contribution in [0.3, 0.4) is 0 Å². The van der Waals surface area contributed by atoms with E-state index in [2.05, 4.69) is 24.4 Å². The smallest absolute Gasteiger partial charge is 0.234 e. The molecule has 0 aliphatic heterocycles. The largest absolute Gasteiger partial charge is 0.325 e. The Labute approximate surface area is 128 Å². The van der Waals surface area contributed by atoms with Crippen LogP contribution in [0.5, 0.6) is 0 Å². The van der Waals surface area contributed by atoms with Gasteiger partial charge in [0.2, 0.25) is 5.91 Å². The number of carbonyl (C=O) groups excluding carboxylic acids is 1. The van der Waals surface area contributed by atoms with E-state index in [0.29, 0.717) is 16.0 Å². The molecule has 0 heterocycles. The molecule has 0 aliphatic carbocycles. The first-order valence-corrected chi connectivity index (χ1v) is 7.80. The summed E-state index contributed by atoms with van der Waals surface area (Å²) < 4.78 is 0. The van der Waals surface area contributed by atoms with Crippen LogP contribution in [0.25, 0.3) is 0 Å². The molecular formula is C16H16ClNOS. The lowest BCUT2D eigenvalue weighted by molar-refractivity contribution is -0.113. The second-order valence-corrected chi connectivity index (χ2v) is 6.18. The average molecular weight is 306 g/mol. The Bertz CT molecular complexity index is 556.